The van der Waals surface area contributed by atoms with Crippen LogP contribution in [0, 0.1) is 0 Å². The lowest BCUT2D eigenvalue weighted by atomic mass is 9.98. The Balaban J connectivity index is 1.66. The van der Waals surface area contributed by atoms with Crippen molar-refractivity contribution >= 4 is 0 Å². The first-order valence-corrected chi connectivity index (χ1v) is 8.44. The van der Waals surface area contributed by atoms with Gasteiger partial charge < -0.3 is 5.32 Å². The van der Waals surface area contributed by atoms with Gasteiger partial charge in [-0.05, 0) is 24.8 Å². The number of piperazine rings is 1. The summed E-state index contributed by atoms with van der Waals surface area (Å²) < 4.78 is 0. The van der Waals surface area contributed by atoms with Crippen LogP contribution in [0.3, 0.4) is 0 Å². The number of nitrogens with zero attached hydrogens (tertiary/aromatic N) is 1. The summed E-state index contributed by atoms with van der Waals surface area (Å²) in [6.45, 7) is 3.56. The summed E-state index contributed by atoms with van der Waals surface area (Å²) in [5.74, 6) is 0. The van der Waals surface area contributed by atoms with Crippen molar-refractivity contribution in [1.82, 2.24) is 10.2 Å². The zero-order valence-electron chi connectivity index (χ0n) is 12.6. The van der Waals surface area contributed by atoms with E-state index in [0.717, 1.165) is 12.6 Å². The summed E-state index contributed by atoms with van der Waals surface area (Å²) in [7, 11) is 0. The van der Waals surface area contributed by atoms with Crippen LogP contribution in [0.4, 0.5) is 0 Å². The van der Waals surface area contributed by atoms with E-state index in [1.54, 1.807) is 0 Å². The highest BCUT2D eigenvalue weighted by Crippen LogP contribution is 2.25. The van der Waals surface area contributed by atoms with Gasteiger partial charge in [0.2, 0.25) is 0 Å². The molecular weight excluding hydrogens is 244 g/mol. The van der Waals surface area contributed by atoms with Crippen molar-refractivity contribution in [3.8, 4) is 0 Å². The molecule has 0 radical (unpaired) electrons. The molecule has 110 valence electrons. The average Bonchev–Trinajstić information content (AvgIpc) is 2.78. The topological polar surface area (TPSA) is 15.3 Å². The Morgan fingerprint density at radius 1 is 1.00 bits per heavy atom. The van der Waals surface area contributed by atoms with Crippen LogP contribution in [0.15, 0.2) is 30.3 Å². The predicted octanol–water partition coefficient (Wildman–Crippen LogP) is 3.23. The number of nitrogens with one attached hydrogen (secondary N) is 1. The van der Waals surface area contributed by atoms with E-state index in [-0.39, 0.29) is 0 Å². The summed E-state index contributed by atoms with van der Waals surface area (Å²) >= 11 is 0. The maximum Gasteiger partial charge on any atom is 0.0264 e. The standard InChI is InChI=1S/C18H28N2/c1-2-7-11-17(10-6-1)20-13-12-19-15-18(20)14-16-8-4-3-5-9-16/h3-5,8-9,17-19H,1-2,6-7,10-15H2. The summed E-state index contributed by atoms with van der Waals surface area (Å²) in [5, 5.41) is 3.60. The molecule has 1 aromatic rings. The first-order valence-electron chi connectivity index (χ1n) is 8.44. The molecule has 1 saturated carbocycles. The SMILES string of the molecule is c1ccc(CC2CNCCN2C2CCCCCC2)cc1. The van der Waals surface area contributed by atoms with E-state index in [4.69, 9.17) is 0 Å². The van der Waals surface area contributed by atoms with Gasteiger partial charge in [0.05, 0.1) is 0 Å². The number of hydrogen-bond acceptors (Lipinski definition) is 2. The molecule has 0 amide bonds. The molecule has 1 aliphatic carbocycles. The Bertz CT molecular complexity index is 382. The normalized spacial score (nSPS) is 26.3. The van der Waals surface area contributed by atoms with Crippen LogP contribution in [0.5, 0.6) is 0 Å². The zero-order chi connectivity index (χ0) is 13.6. The van der Waals surface area contributed by atoms with Crippen LogP contribution in [0.2, 0.25) is 0 Å². The Kier molecular flexibility index (Phi) is 5.10. The predicted molar refractivity (Wildman–Crippen MR) is 85.0 cm³/mol. The van der Waals surface area contributed by atoms with Crippen molar-refractivity contribution in [3.05, 3.63) is 35.9 Å². The van der Waals surface area contributed by atoms with Crippen LogP contribution in [-0.2, 0) is 6.42 Å². The molecular formula is C18H28N2. The van der Waals surface area contributed by atoms with Gasteiger partial charge in [-0.15, -0.1) is 0 Å². The molecule has 1 atom stereocenters. The van der Waals surface area contributed by atoms with Crippen molar-refractivity contribution in [2.75, 3.05) is 19.6 Å². The van der Waals surface area contributed by atoms with Crippen LogP contribution in [0.1, 0.15) is 44.1 Å². The smallest absolute Gasteiger partial charge is 0.0264 e. The van der Waals surface area contributed by atoms with Gasteiger partial charge in [-0.2, -0.15) is 0 Å². The van der Waals surface area contributed by atoms with Gasteiger partial charge in [0.25, 0.3) is 0 Å². The molecule has 1 aromatic carbocycles. The van der Waals surface area contributed by atoms with E-state index in [1.807, 2.05) is 0 Å². The maximum absolute atomic E-state index is 3.60. The lowest BCUT2D eigenvalue weighted by Crippen LogP contribution is -2.55. The first kappa shape index (κ1) is 14.1. The fourth-order valence-corrected chi connectivity index (χ4v) is 3.92. The summed E-state index contributed by atoms with van der Waals surface area (Å²) in [5.41, 5.74) is 1.49. The lowest BCUT2D eigenvalue weighted by Gasteiger charge is -2.41. The van der Waals surface area contributed by atoms with Gasteiger partial charge in [-0.25, -0.2) is 0 Å². The molecule has 1 heterocycles. The highest BCUT2D eigenvalue weighted by Gasteiger charge is 2.28. The quantitative estimate of drug-likeness (QED) is 0.850. The minimum Gasteiger partial charge on any atom is -0.314 e. The number of hydrogen-bond donors (Lipinski definition) is 1. The fourth-order valence-electron chi connectivity index (χ4n) is 3.92. The third-order valence-corrected chi connectivity index (χ3v) is 5.00. The largest absolute Gasteiger partial charge is 0.314 e. The molecule has 1 N–H and O–H groups in total. The maximum atomic E-state index is 3.60. The molecule has 1 saturated heterocycles. The fraction of sp³-hybridized carbons (Fsp3) is 0.667. The highest BCUT2D eigenvalue weighted by atomic mass is 15.2. The van der Waals surface area contributed by atoms with Crippen molar-refractivity contribution in [1.29, 1.82) is 0 Å². The molecule has 2 heteroatoms. The molecule has 2 aliphatic rings. The molecule has 20 heavy (non-hydrogen) atoms. The zero-order valence-corrected chi connectivity index (χ0v) is 12.6. The van der Waals surface area contributed by atoms with Crippen LogP contribution in [0.25, 0.3) is 0 Å². The Morgan fingerprint density at radius 3 is 2.50 bits per heavy atom. The Morgan fingerprint density at radius 2 is 1.75 bits per heavy atom. The van der Waals surface area contributed by atoms with Gasteiger partial charge in [0.1, 0.15) is 0 Å². The van der Waals surface area contributed by atoms with E-state index >= 15 is 0 Å². The van der Waals surface area contributed by atoms with Crippen LogP contribution < -0.4 is 5.32 Å². The van der Waals surface area contributed by atoms with Gasteiger partial charge in [-0.3, -0.25) is 4.90 Å². The molecule has 0 aromatic heterocycles. The van der Waals surface area contributed by atoms with Gasteiger partial charge in [0.15, 0.2) is 0 Å². The molecule has 2 nitrogen and oxygen atoms in total. The Labute approximate surface area is 123 Å². The average molecular weight is 272 g/mol. The third-order valence-electron chi connectivity index (χ3n) is 5.00. The molecule has 0 bridgehead atoms. The molecule has 0 spiro atoms. The first-order chi connectivity index (χ1) is 9.93. The van der Waals surface area contributed by atoms with E-state index in [1.165, 1.54) is 63.6 Å². The van der Waals surface area contributed by atoms with Gasteiger partial charge in [-0.1, -0.05) is 56.0 Å². The van der Waals surface area contributed by atoms with Crippen molar-refractivity contribution in [2.45, 2.75) is 57.0 Å². The minimum absolute atomic E-state index is 0.689. The van der Waals surface area contributed by atoms with E-state index < -0.39 is 0 Å². The third kappa shape index (κ3) is 3.62. The van der Waals surface area contributed by atoms with Crippen LogP contribution >= 0.6 is 0 Å². The monoisotopic (exact) mass is 272 g/mol. The summed E-state index contributed by atoms with van der Waals surface area (Å²) in [4.78, 5) is 2.83. The lowest BCUT2D eigenvalue weighted by molar-refractivity contribution is 0.0955. The molecule has 1 aliphatic heterocycles. The molecule has 3 rings (SSSR count). The summed E-state index contributed by atoms with van der Waals surface area (Å²) in [6, 6.07) is 12.5. The number of benzene rings is 1. The van der Waals surface area contributed by atoms with E-state index in [9.17, 15) is 0 Å². The van der Waals surface area contributed by atoms with E-state index in [2.05, 4.69) is 40.5 Å². The minimum atomic E-state index is 0.689. The van der Waals surface area contributed by atoms with Gasteiger partial charge >= 0.3 is 0 Å². The second-order valence-corrected chi connectivity index (χ2v) is 6.43. The van der Waals surface area contributed by atoms with Crippen molar-refractivity contribution < 1.29 is 0 Å². The van der Waals surface area contributed by atoms with Crippen molar-refractivity contribution in [3.63, 3.8) is 0 Å². The summed E-state index contributed by atoms with van der Waals surface area (Å²) in [6.07, 6.45) is 9.82. The number of rotatable bonds is 3. The van der Waals surface area contributed by atoms with Crippen molar-refractivity contribution in [2.24, 2.45) is 0 Å². The second-order valence-electron chi connectivity index (χ2n) is 6.43. The van der Waals surface area contributed by atoms with Crippen LogP contribution in [-0.4, -0.2) is 36.6 Å². The highest BCUT2D eigenvalue weighted by molar-refractivity contribution is 5.16. The van der Waals surface area contributed by atoms with Gasteiger partial charge in [0, 0.05) is 31.7 Å². The second kappa shape index (κ2) is 7.24. The molecule has 1 unspecified atom stereocenters. The Hall–Kier alpha value is -0.860. The molecule has 2 fully saturated rings. The van der Waals surface area contributed by atoms with E-state index in [0.29, 0.717) is 6.04 Å².